The zero-order chi connectivity index (χ0) is 23.0. The van der Waals surface area contributed by atoms with Crippen LogP contribution >= 0.6 is 0 Å². The Hall–Kier alpha value is -3.33. The van der Waals surface area contributed by atoms with Crippen LogP contribution in [0.3, 0.4) is 0 Å². The van der Waals surface area contributed by atoms with Gasteiger partial charge in [0.1, 0.15) is 5.69 Å². The topological polar surface area (TPSA) is 83.0 Å². The van der Waals surface area contributed by atoms with Crippen LogP contribution in [0.15, 0.2) is 35.3 Å². The normalized spacial score (nSPS) is 18.5. The lowest BCUT2D eigenvalue weighted by Gasteiger charge is -2.34. The molecule has 3 amide bonds. The standard InChI is InChI=1S/C23H29N6O3/c1-6-32-12-11-27-19-20(24-22(27)29-17(4)13-16(3)25-29)26(5)23(31)28(21(19)30)14-18-9-7-15(2)8-10-18/h7-10,13,19H,6,11-12,14H2,1-5H3/q+1. The lowest BCUT2D eigenvalue weighted by Crippen LogP contribution is -2.62. The number of carbonyl (C=O) groups excluding carboxylic acids is 2. The summed E-state index contributed by atoms with van der Waals surface area (Å²) in [5.41, 5.74) is 3.78. The first-order valence-corrected chi connectivity index (χ1v) is 10.8. The first kappa shape index (κ1) is 21.9. The summed E-state index contributed by atoms with van der Waals surface area (Å²) >= 11 is 0. The Morgan fingerprint density at radius 3 is 2.47 bits per heavy atom. The molecule has 1 saturated heterocycles. The highest BCUT2D eigenvalue weighted by atomic mass is 16.5. The molecular formula is C23H29N6O3+. The van der Waals surface area contributed by atoms with Gasteiger partial charge in [-0.15, -0.1) is 9.78 Å². The molecule has 1 aromatic carbocycles. The third kappa shape index (κ3) is 3.84. The summed E-state index contributed by atoms with van der Waals surface area (Å²) in [6, 6.07) is 8.69. The molecule has 0 aliphatic carbocycles. The van der Waals surface area contributed by atoms with Gasteiger partial charge in [-0.3, -0.25) is 14.6 Å². The lowest BCUT2D eigenvalue weighted by atomic mass is 10.1. The molecule has 1 fully saturated rings. The van der Waals surface area contributed by atoms with Crippen LogP contribution in [0, 0.1) is 20.8 Å². The van der Waals surface area contributed by atoms with Gasteiger partial charge in [-0.1, -0.05) is 34.8 Å². The van der Waals surface area contributed by atoms with E-state index in [0.717, 1.165) is 22.5 Å². The highest BCUT2D eigenvalue weighted by molar-refractivity contribution is 6.22. The van der Waals surface area contributed by atoms with Crippen LogP contribution in [-0.2, 0) is 16.1 Å². The van der Waals surface area contributed by atoms with Gasteiger partial charge in [0, 0.05) is 13.7 Å². The second-order valence-electron chi connectivity index (χ2n) is 8.15. The van der Waals surface area contributed by atoms with E-state index in [0.29, 0.717) is 31.6 Å². The molecule has 4 rings (SSSR count). The van der Waals surface area contributed by atoms with Crippen LogP contribution in [0.1, 0.15) is 29.4 Å². The van der Waals surface area contributed by atoms with Crippen molar-refractivity contribution in [1.82, 2.24) is 19.6 Å². The smallest absolute Gasteiger partial charge is 0.378 e. The Balaban J connectivity index is 1.73. The Morgan fingerprint density at radius 1 is 1.12 bits per heavy atom. The molecule has 1 atom stereocenters. The number of nitrogens with zero attached hydrogens (tertiary/aromatic N) is 6. The molecule has 2 aromatic rings. The molecule has 32 heavy (non-hydrogen) atoms. The largest absolute Gasteiger partial charge is 0.421 e. The average Bonchev–Trinajstić information content (AvgIpc) is 3.30. The number of rotatable bonds is 6. The average molecular weight is 438 g/mol. The number of aliphatic imine (C=N–C) groups is 1. The highest BCUT2D eigenvalue weighted by Crippen LogP contribution is 2.23. The SMILES string of the molecule is CCOCC[N+]1=C(n2nc(C)cc2C)N=C2C1C(=O)N(Cc1ccc(C)cc1)C(=O)N2C. The summed E-state index contributed by atoms with van der Waals surface area (Å²) in [7, 11) is 1.66. The van der Waals surface area contributed by atoms with Crippen LogP contribution in [0.5, 0.6) is 0 Å². The Bertz CT molecular complexity index is 1120. The summed E-state index contributed by atoms with van der Waals surface area (Å²) in [6.07, 6.45) is 0. The number of hydrogen-bond donors (Lipinski definition) is 0. The van der Waals surface area contributed by atoms with Crippen LogP contribution in [-0.4, -0.2) is 80.7 Å². The molecule has 1 unspecified atom stereocenters. The Morgan fingerprint density at radius 2 is 1.84 bits per heavy atom. The van der Waals surface area contributed by atoms with Crippen molar-refractivity contribution in [3.05, 3.63) is 52.8 Å². The number of amidine groups is 1. The van der Waals surface area contributed by atoms with E-state index in [4.69, 9.17) is 9.73 Å². The van der Waals surface area contributed by atoms with E-state index in [2.05, 4.69) is 5.10 Å². The van der Waals surface area contributed by atoms with Crippen molar-refractivity contribution in [2.24, 2.45) is 4.99 Å². The molecular weight excluding hydrogens is 408 g/mol. The fourth-order valence-corrected chi connectivity index (χ4v) is 4.06. The Labute approximate surface area is 187 Å². The zero-order valence-corrected chi connectivity index (χ0v) is 19.2. The van der Waals surface area contributed by atoms with E-state index in [1.807, 2.05) is 62.6 Å². The molecule has 0 spiro atoms. The van der Waals surface area contributed by atoms with Gasteiger partial charge in [0.2, 0.25) is 11.9 Å². The monoisotopic (exact) mass is 437 g/mol. The maximum absolute atomic E-state index is 13.6. The summed E-state index contributed by atoms with van der Waals surface area (Å²) in [6.45, 7) is 9.45. The number of ether oxygens (including phenoxy) is 1. The first-order chi connectivity index (χ1) is 15.3. The predicted molar refractivity (Wildman–Crippen MR) is 120 cm³/mol. The maximum atomic E-state index is 13.6. The van der Waals surface area contributed by atoms with Gasteiger partial charge >= 0.3 is 12.0 Å². The summed E-state index contributed by atoms with van der Waals surface area (Å²) in [4.78, 5) is 34.2. The minimum absolute atomic E-state index is 0.209. The number of hydrogen-bond acceptors (Lipinski definition) is 5. The van der Waals surface area contributed by atoms with E-state index in [1.165, 1.54) is 9.80 Å². The van der Waals surface area contributed by atoms with E-state index >= 15 is 0 Å². The van der Waals surface area contributed by atoms with Crippen molar-refractivity contribution in [2.75, 3.05) is 26.8 Å². The number of urea groups is 1. The van der Waals surface area contributed by atoms with Crippen molar-refractivity contribution in [1.29, 1.82) is 0 Å². The van der Waals surface area contributed by atoms with Crippen molar-refractivity contribution in [3.8, 4) is 0 Å². The lowest BCUT2D eigenvalue weighted by molar-refractivity contribution is -0.540. The van der Waals surface area contributed by atoms with Crippen molar-refractivity contribution in [3.63, 3.8) is 0 Å². The number of aromatic nitrogens is 2. The second-order valence-corrected chi connectivity index (χ2v) is 8.15. The van der Waals surface area contributed by atoms with E-state index in [-0.39, 0.29) is 18.5 Å². The molecule has 2 aliphatic heterocycles. The summed E-state index contributed by atoms with van der Waals surface area (Å²) in [5, 5.41) is 4.55. The van der Waals surface area contributed by atoms with Gasteiger partial charge in [0.25, 0.3) is 5.91 Å². The molecule has 3 heterocycles. The third-order valence-electron chi connectivity index (χ3n) is 5.73. The van der Waals surface area contributed by atoms with Crippen LogP contribution in [0.2, 0.25) is 0 Å². The van der Waals surface area contributed by atoms with Gasteiger partial charge in [0.05, 0.1) is 25.4 Å². The van der Waals surface area contributed by atoms with Gasteiger partial charge in [0.15, 0.2) is 0 Å². The molecule has 0 bridgehead atoms. The zero-order valence-electron chi connectivity index (χ0n) is 19.2. The molecule has 0 saturated carbocycles. The van der Waals surface area contributed by atoms with Gasteiger partial charge in [-0.25, -0.2) is 9.37 Å². The second kappa shape index (κ2) is 8.66. The van der Waals surface area contributed by atoms with Crippen LogP contribution < -0.4 is 0 Å². The van der Waals surface area contributed by atoms with Crippen molar-refractivity contribution in [2.45, 2.75) is 40.3 Å². The molecule has 9 nitrogen and oxygen atoms in total. The van der Waals surface area contributed by atoms with E-state index < -0.39 is 6.04 Å². The summed E-state index contributed by atoms with van der Waals surface area (Å²) in [5.74, 6) is 0.653. The van der Waals surface area contributed by atoms with E-state index in [9.17, 15) is 9.59 Å². The molecule has 2 aliphatic rings. The predicted octanol–water partition coefficient (Wildman–Crippen LogP) is 1.94. The number of likely N-dealkylation sites (N-methyl/N-ethyl adjacent to an activating group) is 1. The van der Waals surface area contributed by atoms with Crippen molar-refractivity contribution >= 4 is 23.7 Å². The number of benzene rings is 1. The number of carbonyl (C=O) groups is 2. The molecule has 168 valence electrons. The molecule has 1 aromatic heterocycles. The Kier molecular flexibility index (Phi) is 5.92. The minimum Gasteiger partial charge on any atom is -0.378 e. The minimum atomic E-state index is -0.706. The number of imide groups is 1. The fraction of sp³-hybridized carbons (Fsp3) is 0.435. The molecule has 0 N–H and O–H groups in total. The maximum Gasteiger partial charge on any atom is 0.421 e. The van der Waals surface area contributed by atoms with Crippen molar-refractivity contribution < 1.29 is 18.9 Å². The van der Waals surface area contributed by atoms with Crippen LogP contribution in [0.25, 0.3) is 0 Å². The molecule has 0 radical (unpaired) electrons. The highest BCUT2D eigenvalue weighted by Gasteiger charge is 2.53. The van der Waals surface area contributed by atoms with Gasteiger partial charge in [-0.2, -0.15) is 0 Å². The number of fused-ring (bicyclic) bond motifs is 1. The molecule has 9 heteroatoms. The third-order valence-corrected chi connectivity index (χ3v) is 5.73. The summed E-state index contributed by atoms with van der Waals surface area (Å²) < 4.78 is 9.18. The fourth-order valence-electron chi connectivity index (χ4n) is 4.06. The first-order valence-electron chi connectivity index (χ1n) is 10.8. The van der Waals surface area contributed by atoms with E-state index in [1.54, 1.807) is 11.7 Å². The van der Waals surface area contributed by atoms with Gasteiger partial charge < -0.3 is 4.74 Å². The van der Waals surface area contributed by atoms with Crippen LogP contribution in [0.4, 0.5) is 4.79 Å². The number of amides is 3. The van der Waals surface area contributed by atoms with Gasteiger partial charge in [-0.05, 0) is 39.3 Å². The quantitative estimate of drug-likeness (QED) is 0.511. The number of aryl methyl sites for hydroxylation is 3.